The average Bonchev–Trinajstić information content (AvgIpc) is 2.49. The zero-order chi connectivity index (χ0) is 18.6. The van der Waals surface area contributed by atoms with Crippen LogP contribution >= 0.6 is 23.2 Å². The molecule has 0 unspecified atom stereocenters. The molecule has 3 nitrogen and oxygen atoms in total. The summed E-state index contributed by atoms with van der Waals surface area (Å²) in [4.78, 5) is 12.0. The standard InChI is InChI=1S/C19H21Cl2NO2S/c1-19(2,3)14-6-4-13(5-7-14)11-25(24)12-18(23)22-17-9-8-15(20)10-16(17)21/h4-10H,11-12H2,1-3H3,(H,22,23)/t25-/m0/s1. The summed E-state index contributed by atoms with van der Waals surface area (Å²) < 4.78 is 12.2. The highest BCUT2D eigenvalue weighted by molar-refractivity contribution is 7.84. The Kier molecular flexibility index (Phi) is 6.66. The van der Waals surface area contributed by atoms with Gasteiger partial charge in [-0.25, -0.2) is 0 Å². The van der Waals surface area contributed by atoms with Gasteiger partial charge >= 0.3 is 0 Å². The topological polar surface area (TPSA) is 46.2 Å². The molecular weight excluding hydrogens is 377 g/mol. The summed E-state index contributed by atoms with van der Waals surface area (Å²) in [7, 11) is -1.29. The molecule has 6 heteroatoms. The molecule has 0 saturated heterocycles. The van der Waals surface area contributed by atoms with Crippen LogP contribution < -0.4 is 5.32 Å². The lowest BCUT2D eigenvalue weighted by molar-refractivity contribution is -0.113. The van der Waals surface area contributed by atoms with E-state index < -0.39 is 10.8 Å². The van der Waals surface area contributed by atoms with Gasteiger partial charge in [-0.2, -0.15) is 0 Å². The highest BCUT2D eigenvalue weighted by atomic mass is 35.5. The van der Waals surface area contributed by atoms with Gasteiger partial charge in [0.25, 0.3) is 0 Å². The van der Waals surface area contributed by atoms with E-state index in [1.165, 1.54) is 5.56 Å². The Morgan fingerprint density at radius 1 is 1.08 bits per heavy atom. The van der Waals surface area contributed by atoms with Crippen LogP contribution in [0.3, 0.4) is 0 Å². The van der Waals surface area contributed by atoms with E-state index in [0.717, 1.165) is 5.56 Å². The summed E-state index contributed by atoms with van der Waals surface area (Å²) >= 11 is 11.8. The van der Waals surface area contributed by atoms with Crippen LogP contribution in [0.25, 0.3) is 0 Å². The smallest absolute Gasteiger partial charge is 0.237 e. The normalized spacial score (nSPS) is 12.7. The van der Waals surface area contributed by atoms with Gasteiger partial charge in [0.1, 0.15) is 5.75 Å². The molecule has 1 N–H and O–H groups in total. The molecular formula is C19H21Cl2NO2S. The molecule has 2 rings (SSSR count). The number of halogens is 2. The molecule has 0 bridgehead atoms. The number of hydrogen-bond donors (Lipinski definition) is 1. The molecule has 0 aliphatic carbocycles. The predicted octanol–water partition coefficient (Wildman–Crippen LogP) is 5.18. The summed E-state index contributed by atoms with van der Waals surface area (Å²) in [6.07, 6.45) is 0. The van der Waals surface area contributed by atoms with Crippen LogP contribution in [0.2, 0.25) is 10.0 Å². The molecule has 134 valence electrons. The van der Waals surface area contributed by atoms with Crippen molar-refractivity contribution in [2.24, 2.45) is 0 Å². The molecule has 0 heterocycles. The molecule has 0 fully saturated rings. The van der Waals surface area contributed by atoms with Crippen molar-refractivity contribution in [3.8, 4) is 0 Å². The SMILES string of the molecule is CC(C)(C)c1ccc(C[S@](=O)CC(=O)Nc2ccc(Cl)cc2Cl)cc1. The predicted molar refractivity (Wildman–Crippen MR) is 107 cm³/mol. The van der Waals surface area contributed by atoms with E-state index in [2.05, 4.69) is 26.1 Å². The molecule has 1 atom stereocenters. The summed E-state index contributed by atoms with van der Waals surface area (Å²) in [5, 5.41) is 3.50. The van der Waals surface area contributed by atoms with Gasteiger partial charge in [0, 0.05) is 21.6 Å². The zero-order valence-corrected chi connectivity index (χ0v) is 16.8. The lowest BCUT2D eigenvalue weighted by Crippen LogP contribution is -2.20. The van der Waals surface area contributed by atoms with Gasteiger partial charge in [0.05, 0.1) is 10.7 Å². The van der Waals surface area contributed by atoms with Gasteiger partial charge in [0.2, 0.25) is 5.91 Å². The number of rotatable bonds is 5. The highest BCUT2D eigenvalue weighted by Gasteiger charge is 2.14. The van der Waals surface area contributed by atoms with Crippen LogP contribution in [0.15, 0.2) is 42.5 Å². The second-order valence-electron chi connectivity index (χ2n) is 6.85. The third kappa shape index (κ3) is 6.14. The number of benzene rings is 2. The molecule has 0 spiro atoms. The number of hydrogen-bond acceptors (Lipinski definition) is 2. The largest absolute Gasteiger partial charge is 0.324 e. The maximum atomic E-state index is 12.2. The Hall–Kier alpha value is -1.36. The first kappa shape index (κ1) is 20.0. The molecule has 1 amide bonds. The van der Waals surface area contributed by atoms with Gasteiger partial charge < -0.3 is 5.32 Å². The summed E-state index contributed by atoms with van der Waals surface area (Å²) in [6, 6.07) is 12.8. The van der Waals surface area contributed by atoms with Crippen molar-refractivity contribution in [2.75, 3.05) is 11.1 Å². The van der Waals surface area contributed by atoms with Crippen molar-refractivity contribution in [3.05, 3.63) is 63.6 Å². The van der Waals surface area contributed by atoms with E-state index in [0.29, 0.717) is 21.5 Å². The van der Waals surface area contributed by atoms with E-state index in [9.17, 15) is 9.00 Å². The Morgan fingerprint density at radius 3 is 2.28 bits per heavy atom. The number of nitrogens with one attached hydrogen (secondary N) is 1. The first-order valence-corrected chi connectivity index (χ1v) is 10.1. The number of anilines is 1. The highest BCUT2D eigenvalue weighted by Crippen LogP contribution is 2.25. The van der Waals surface area contributed by atoms with E-state index in [1.54, 1.807) is 18.2 Å². The molecule has 2 aromatic rings. The van der Waals surface area contributed by atoms with Gasteiger partial charge in [-0.3, -0.25) is 9.00 Å². The quantitative estimate of drug-likeness (QED) is 0.755. The Morgan fingerprint density at radius 2 is 1.72 bits per heavy atom. The monoisotopic (exact) mass is 397 g/mol. The zero-order valence-electron chi connectivity index (χ0n) is 14.4. The third-order valence-electron chi connectivity index (χ3n) is 3.64. The minimum Gasteiger partial charge on any atom is -0.324 e. The minimum atomic E-state index is -1.29. The lowest BCUT2D eigenvalue weighted by Gasteiger charge is -2.19. The fraction of sp³-hybridized carbons (Fsp3) is 0.316. The van der Waals surface area contributed by atoms with Crippen molar-refractivity contribution in [3.63, 3.8) is 0 Å². The van der Waals surface area contributed by atoms with Crippen LogP contribution in [0.1, 0.15) is 31.9 Å². The fourth-order valence-electron chi connectivity index (χ4n) is 2.26. The molecule has 0 aromatic heterocycles. The van der Waals surface area contributed by atoms with Crippen LogP contribution in [0, 0.1) is 0 Å². The van der Waals surface area contributed by atoms with Gasteiger partial charge in [0.15, 0.2) is 0 Å². The molecule has 25 heavy (non-hydrogen) atoms. The lowest BCUT2D eigenvalue weighted by atomic mass is 9.87. The Balaban J connectivity index is 1.92. The first-order chi connectivity index (χ1) is 11.6. The third-order valence-corrected chi connectivity index (χ3v) is 5.43. The Labute approximate surface area is 161 Å². The molecule has 0 saturated carbocycles. The molecule has 0 aliphatic heterocycles. The minimum absolute atomic E-state index is 0.0788. The van der Waals surface area contributed by atoms with Crippen molar-refractivity contribution in [1.82, 2.24) is 0 Å². The fourth-order valence-corrected chi connectivity index (χ4v) is 3.75. The van der Waals surface area contributed by atoms with Crippen molar-refractivity contribution in [2.45, 2.75) is 31.9 Å². The van der Waals surface area contributed by atoms with Crippen LogP contribution in [0.5, 0.6) is 0 Å². The summed E-state index contributed by atoms with van der Waals surface area (Å²) in [5.74, 6) is -0.0829. The first-order valence-electron chi connectivity index (χ1n) is 7.84. The van der Waals surface area contributed by atoms with Crippen LogP contribution in [-0.4, -0.2) is 15.9 Å². The van der Waals surface area contributed by atoms with E-state index >= 15 is 0 Å². The molecule has 0 aliphatic rings. The number of carbonyl (C=O) groups excluding carboxylic acids is 1. The maximum absolute atomic E-state index is 12.2. The average molecular weight is 398 g/mol. The second-order valence-corrected chi connectivity index (χ2v) is 9.15. The van der Waals surface area contributed by atoms with Crippen LogP contribution in [0.4, 0.5) is 5.69 Å². The summed E-state index contributed by atoms with van der Waals surface area (Å²) in [5.41, 5.74) is 2.71. The van der Waals surface area contributed by atoms with Gasteiger partial charge in [-0.1, -0.05) is 68.2 Å². The Bertz CT molecular complexity index is 783. The van der Waals surface area contributed by atoms with Crippen molar-refractivity contribution < 1.29 is 9.00 Å². The van der Waals surface area contributed by atoms with E-state index in [4.69, 9.17) is 23.2 Å². The van der Waals surface area contributed by atoms with Crippen LogP contribution in [-0.2, 0) is 26.8 Å². The second kappa shape index (κ2) is 8.35. The number of carbonyl (C=O) groups is 1. The van der Waals surface area contributed by atoms with Crippen molar-refractivity contribution >= 4 is 45.6 Å². The molecule has 2 aromatic carbocycles. The summed E-state index contributed by atoms with van der Waals surface area (Å²) in [6.45, 7) is 6.44. The van der Waals surface area contributed by atoms with Gasteiger partial charge in [-0.05, 0) is 34.7 Å². The molecule has 0 radical (unpaired) electrons. The van der Waals surface area contributed by atoms with Gasteiger partial charge in [-0.15, -0.1) is 0 Å². The van der Waals surface area contributed by atoms with E-state index in [-0.39, 0.29) is 17.1 Å². The van der Waals surface area contributed by atoms with Crippen molar-refractivity contribution in [1.29, 1.82) is 0 Å². The number of amides is 1. The maximum Gasteiger partial charge on any atom is 0.237 e. The van der Waals surface area contributed by atoms with E-state index in [1.807, 2.05) is 24.3 Å².